The number of hydrogen-bond acceptors (Lipinski definition) is 6. The van der Waals surface area contributed by atoms with Crippen LogP contribution in [0.15, 0.2) is 12.4 Å². The summed E-state index contributed by atoms with van der Waals surface area (Å²) in [5.74, 6) is 2.95. The van der Waals surface area contributed by atoms with Gasteiger partial charge in [-0.05, 0) is 77.0 Å². The molecule has 0 unspecified atom stereocenters. The summed E-state index contributed by atoms with van der Waals surface area (Å²) in [6, 6.07) is 0.439. The molecule has 0 atom stereocenters. The van der Waals surface area contributed by atoms with Crippen molar-refractivity contribution in [3.05, 3.63) is 12.4 Å². The molecule has 174 valence electrons. The molecule has 0 aromatic carbocycles. The Balaban J connectivity index is 1.37. The van der Waals surface area contributed by atoms with E-state index in [2.05, 4.69) is 39.3 Å². The van der Waals surface area contributed by atoms with E-state index in [0.29, 0.717) is 18.5 Å². The molecule has 0 spiro atoms. The maximum absolute atomic E-state index is 11.8. The highest BCUT2D eigenvalue weighted by atomic mass is 16.6. The number of rotatable bonds is 6. The lowest BCUT2D eigenvalue weighted by atomic mass is 9.86. The molecule has 1 aliphatic carbocycles. The normalized spacial score (nSPS) is 23.0. The van der Waals surface area contributed by atoms with E-state index < -0.39 is 5.60 Å². The van der Waals surface area contributed by atoms with Crippen LogP contribution in [0.2, 0.25) is 0 Å². The van der Waals surface area contributed by atoms with Crippen molar-refractivity contribution >= 4 is 17.7 Å². The number of hydrogen-bond donors (Lipinski definition) is 2. The van der Waals surface area contributed by atoms with Crippen molar-refractivity contribution in [1.29, 1.82) is 0 Å². The molecule has 2 N–H and O–H groups in total. The number of ether oxygens (including phenoxy) is 1. The number of aromatic nitrogens is 2. The maximum atomic E-state index is 11.8. The van der Waals surface area contributed by atoms with Crippen molar-refractivity contribution in [3.8, 4) is 0 Å². The minimum absolute atomic E-state index is 0.321. The van der Waals surface area contributed by atoms with Gasteiger partial charge >= 0.3 is 6.09 Å². The summed E-state index contributed by atoms with van der Waals surface area (Å²) < 4.78 is 5.32. The van der Waals surface area contributed by atoms with E-state index in [-0.39, 0.29) is 6.09 Å². The zero-order valence-electron chi connectivity index (χ0n) is 20.0. The molecule has 1 aromatic rings. The van der Waals surface area contributed by atoms with E-state index in [4.69, 9.17) is 4.74 Å². The number of nitrogens with one attached hydrogen (secondary N) is 2. The summed E-state index contributed by atoms with van der Waals surface area (Å²) in [7, 11) is 0. The number of carbonyl (C=O) groups is 1. The second-order valence-electron chi connectivity index (χ2n) is 10.6. The van der Waals surface area contributed by atoms with Crippen molar-refractivity contribution in [2.24, 2.45) is 17.8 Å². The Morgan fingerprint density at radius 3 is 2.26 bits per heavy atom. The maximum Gasteiger partial charge on any atom is 0.407 e. The number of nitrogens with zero attached hydrogens (tertiary/aromatic N) is 3. The summed E-state index contributed by atoms with van der Waals surface area (Å²) >= 11 is 0. The fourth-order valence-electron chi connectivity index (χ4n) is 4.61. The van der Waals surface area contributed by atoms with E-state index >= 15 is 0 Å². The standard InChI is InChI=1S/C24H41N5O2/c1-17(2)19-10-12-29(13-11-19)22-25-15-21(16-26-22)28-20-8-6-18(7-9-20)14-27-23(30)31-24(3,4)5/h15-20,28H,6-14H2,1-5H3,(H,27,30). The van der Waals surface area contributed by atoms with Crippen LogP contribution in [0.1, 0.15) is 73.1 Å². The highest BCUT2D eigenvalue weighted by Crippen LogP contribution is 2.28. The molecule has 1 amide bonds. The first-order valence-corrected chi connectivity index (χ1v) is 12.0. The Bertz CT molecular complexity index is 685. The molecule has 2 fully saturated rings. The van der Waals surface area contributed by atoms with Crippen LogP contribution in [0.5, 0.6) is 0 Å². The molecular formula is C24H41N5O2. The molecule has 3 rings (SSSR count). The van der Waals surface area contributed by atoms with Gasteiger partial charge in [0.05, 0.1) is 18.1 Å². The third kappa shape index (κ3) is 7.54. The van der Waals surface area contributed by atoms with E-state index in [9.17, 15) is 4.79 Å². The van der Waals surface area contributed by atoms with Crippen molar-refractivity contribution in [3.63, 3.8) is 0 Å². The topological polar surface area (TPSA) is 79.4 Å². The zero-order valence-corrected chi connectivity index (χ0v) is 20.0. The lowest BCUT2D eigenvalue weighted by Crippen LogP contribution is -2.37. The van der Waals surface area contributed by atoms with E-state index in [1.807, 2.05) is 33.2 Å². The van der Waals surface area contributed by atoms with Crippen LogP contribution in [0.4, 0.5) is 16.4 Å². The average Bonchev–Trinajstić information content (AvgIpc) is 2.73. The van der Waals surface area contributed by atoms with Gasteiger partial charge in [0.2, 0.25) is 5.95 Å². The first kappa shape index (κ1) is 23.6. The third-order valence-corrected chi connectivity index (χ3v) is 6.55. The Labute approximate surface area is 187 Å². The monoisotopic (exact) mass is 431 g/mol. The fourth-order valence-corrected chi connectivity index (χ4v) is 4.61. The minimum atomic E-state index is -0.451. The predicted octanol–water partition coefficient (Wildman–Crippen LogP) is 4.84. The lowest BCUT2D eigenvalue weighted by Gasteiger charge is -2.34. The molecule has 7 heteroatoms. The van der Waals surface area contributed by atoms with Gasteiger partial charge in [-0.25, -0.2) is 14.8 Å². The van der Waals surface area contributed by atoms with Gasteiger partial charge < -0.3 is 20.3 Å². The summed E-state index contributed by atoms with van der Waals surface area (Å²) in [6.45, 7) is 13.1. The Morgan fingerprint density at radius 2 is 1.71 bits per heavy atom. The lowest BCUT2D eigenvalue weighted by molar-refractivity contribution is 0.0515. The number of alkyl carbamates (subject to hydrolysis) is 1. The van der Waals surface area contributed by atoms with E-state index in [1.54, 1.807) is 0 Å². The first-order chi connectivity index (χ1) is 14.7. The zero-order chi connectivity index (χ0) is 22.4. The van der Waals surface area contributed by atoms with Gasteiger partial charge in [-0.1, -0.05) is 13.8 Å². The van der Waals surface area contributed by atoms with Crippen molar-refractivity contribution in [2.75, 3.05) is 29.9 Å². The van der Waals surface area contributed by atoms with Gasteiger partial charge in [-0.3, -0.25) is 0 Å². The molecule has 7 nitrogen and oxygen atoms in total. The molecule has 0 bridgehead atoms. The van der Waals surface area contributed by atoms with Crippen LogP contribution >= 0.6 is 0 Å². The molecule has 2 aliphatic rings. The largest absolute Gasteiger partial charge is 0.444 e. The Hall–Kier alpha value is -2.05. The Kier molecular flexibility index (Phi) is 8.00. The highest BCUT2D eigenvalue weighted by Gasteiger charge is 2.24. The summed E-state index contributed by atoms with van der Waals surface area (Å²) in [5.41, 5.74) is 0.546. The molecule has 31 heavy (non-hydrogen) atoms. The molecule has 1 saturated heterocycles. The van der Waals surface area contributed by atoms with Crippen molar-refractivity contribution in [1.82, 2.24) is 15.3 Å². The van der Waals surface area contributed by atoms with Gasteiger partial charge in [0.15, 0.2) is 0 Å². The quantitative estimate of drug-likeness (QED) is 0.671. The fraction of sp³-hybridized carbons (Fsp3) is 0.792. The van der Waals surface area contributed by atoms with Gasteiger partial charge in [0.1, 0.15) is 5.60 Å². The van der Waals surface area contributed by atoms with Crippen LogP contribution < -0.4 is 15.5 Å². The number of carbonyl (C=O) groups excluding carboxylic acids is 1. The molecule has 1 saturated carbocycles. The van der Waals surface area contributed by atoms with Crippen LogP contribution in [-0.2, 0) is 4.74 Å². The molecular weight excluding hydrogens is 390 g/mol. The second-order valence-corrected chi connectivity index (χ2v) is 10.6. The van der Waals surface area contributed by atoms with Crippen LogP contribution in [0, 0.1) is 17.8 Å². The average molecular weight is 432 g/mol. The minimum Gasteiger partial charge on any atom is -0.444 e. The van der Waals surface area contributed by atoms with Gasteiger partial charge in [-0.15, -0.1) is 0 Å². The van der Waals surface area contributed by atoms with Gasteiger partial charge in [0.25, 0.3) is 0 Å². The molecule has 0 radical (unpaired) electrons. The molecule has 1 aromatic heterocycles. The van der Waals surface area contributed by atoms with Crippen LogP contribution in [0.25, 0.3) is 0 Å². The smallest absolute Gasteiger partial charge is 0.407 e. The SMILES string of the molecule is CC(C)C1CCN(c2ncc(NC3CCC(CNC(=O)OC(C)(C)C)CC3)cn2)CC1. The van der Waals surface area contributed by atoms with E-state index in [1.165, 1.54) is 12.8 Å². The van der Waals surface area contributed by atoms with Crippen molar-refractivity contribution < 1.29 is 9.53 Å². The second kappa shape index (κ2) is 10.5. The van der Waals surface area contributed by atoms with Gasteiger partial charge in [-0.2, -0.15) is 0 Å². The molecule has 1 aliphatic heterocycles. The number of anilines is 2. The van der Waals surface area contributed by atoms with Crippen LogP contribution in [-0.4, -0.2) is 47.3 Å². The third-order valence-electron chi connectivity index (χ3n) is 6.55. The van der Waals surface area contributed by atoms with E-state index in [0.717, 1.165) is 62.2 Å². The van der Waals surface area contributed by atoms with Crippen molar-refractivity contribution in [2.45, 2.75) is 84.8 Å². The predicted molar refractivity (Wildman–Crippen MR) is 125 cm³/mol. The summed E-state index contributed by atoms with van der Waals surface area (Å²) in [5, 5.41) is 6.51. The van der Waals surface area contributed by atoms with Gasteiger partial charge in [0, 0.05) is 25.7 Å². The Morgan fingerprint density at radius 1 is 1.10 bits per heavy atom. The summed E-state index contributed by atoms with van der Waals surface area (Å²) in [6.07, 6.45) is 10.4. The number of piperidine rings is 1. The molecule has 2 heterocycles. The number of amides is 1. The summed E-state index contributed by atoms with van der Waals surface area (Å²) in [4.78, 5) is 23.4. The van der Waals surface area contributed by atoms with Crippen LogP contribution in [0.3, 0.4) is 0 Å². The highest BCUT2D eigenvalue weighted by molar-refractivity contribution is 5.67. The first-order valence-electron chi connectivity index (χ1n) is 12.0.